The second-order valence-electron chi connectivity index (χ2n) is 4.76. The summed E-state index contributed by atoms with van der Waals surface area (Å²) in [7, 11) is 0. The smallest absolute Gasteiger partial charge is 0.289 e. The molecule has 0 atom stereocenters. The first-order valence-electron chi connectivity index (χ1n) is 6.78. The van der Waals surface area contributed by atoms with E-state index < -0.39 is 11.9 Å². The number of hydrogen-bond donors (Lipinski definition) is 0. The Morgan fingerprint density at radius 3 is 2.00 bits per heavy atom. The third-order valence-electron chi connectivity index (χ3n) is 2.97. The van der Waals surface area contributed by atoms with Crippen molar-refractivity contribution in [2.45, 2.75) is 6.92 Å². The second-order valence-corrected chi connectivity index (χ2v) is 4.76. The van der Waals surface area contributed by atoms with Gasteiger partial charge in [0.2, 0.25) is 0 Å². The van der Waals surface area contributed by atoms with Crippen molar-refractivity contribution in [3.8, 4) is 0 Å². The van der Waals surface area contributed by atoms with Crippen molar-refractivity contribution in [1.82, 2.24) is 0 Å². The molecule has 5 heteroatoms. The van der Waals surface area contributed by atoms with E-state index in [-0.39, 0.29) is 22.5 Å². The van der Waals surface area contributed by atoms with Gasteiger partial charge in [-0.3, -0.25) is 4.79 Å². The number of ketones is 1. The van der Waals surface area contributed by atoms with Crippen LogP contribution in [0.1, 0.15) is 33.2 Å². The fraction of sp³-hybridized carbons (Fsp3) is 0.0556. The predicted molar refractivity (Wildman–Crippen MR) is 82.6 cm³/mol. The van der Waals surface area contributed by atoms with E-state index in [0.717, 1.165) is 0 Å². The topological polar surface area (TPSA) is 69.7 Å². The molecule has 0 aliphatic heterocycles. The van der Waals surface area contributed by atoms with Gasteiger partial charge in [-0.2, -0.15) is 0 Å². The molecule has 2 aromatic carbocycles. The summed E-state index contributed by atoms with van der Waals surface area (Å²) in [6.07, 6.45) is 0. The van der Waals surface area contributed by atoms with E-state index in [9.17, 15) is 14.4 Å². The van der Waals surface area contributed by atoms with E-state index in [1.807, 2.05) is 0 Å². The lowest BCUT2D eigenvalue weighted by Crippen LogP contribution is -2.15. The molecule has 0 amide bonds. The first-order valence-corrected chi connectivity index (χ1v) is 6.78. The number of benzene rings is 2. The van der Waals surface area contributed by atoms with Crippen LogP contribution < -0.4 is 0 Å². The van der Waals surface area contributed by atoms with Gasteiger partial charge in [-0.25, -0.2) is 19.4 Å². The quantitative estimate of drug-likeness (QED) is 0.375. The number of rotatable bonds is 4. The number of carbonyl (C=O) groups is 3. The molecule has 0 saturated carbocycles. The van der Waals surface area contributed by atoms with Crippen molar-refractivity contribution in [3.63, 3.8) is 0 Å². The lowest BCUT2D eigenvalue weighted by molar-refractivity contribution is -0.229. The van der Waals surface area contributed by atoms with Crippen LogP contribution in [0.4, 0.5) is 0 Å². The van der Waals surface area contributed by atoms with Gasteiger partial charge in [0.05, 0.1) is 5.56 Å². The fourth-order valence-corrected chi connectivity index (χ4v) is 1.80. The van der Waals surface area contributed by atoms with Gasteiger partial charge in [-0.15, -0.1) is 0 Å². The van der Waals surface area contributed by atoms with Crippen LogP contribution in [-0.4, -0.2) is 17.7 Å². The summed E-state index contributed by atoms with van der Waals surface area (Å²) in [4.78, 5) is 44.6. The molecular formula is C18H14O5. The van der Waals surface area contributed by atoms with Crippen molar-refractivity contribution in [1.29, 1.82) is 0 Å². The molecule has 0 fully saturated rings. The summed E-state index contributed by atoms with van der Waals surface area (Å²) >= 11 is 0. The standard InChI is InChI=1S/C18H14O5/c1-12(2)17(20)22-23-18(21)15-11-7-6-10-14(15)16(19)13-8-4-3-5-9-13/h3-11H,1H2,2H3. The van der Waals surface area contributed by atoms with Crippen molar-refractivity contribution in [2.24, 2.45) is 0 Å². The second kappa shape index (κ2) is 7.17. The Bertz CT molecular complexity index is 762. The summed E-state index contributed by atoms with van der Waals surface area (Å²) in [6.45, 7) is 4.79. The van der Waals surface area contributed by atoms with Crippen LogP contribution in [0.15, 0.2) is 66.7 Å². The van der Waals surface area contributed by atoms with Gasteiger partial charge in [0, 0.05) is 16.7 Å². The van der Waals surface area contributed by atoms with Gasteiger partial charge < -0.3 is 0 Å². The highest BCUT2D eigenvalue weighted by Gasteiger charge is 2.21. The lowest BCUT2D eigenvalue weighted by atomic mass is 9.98. The van der Waals surface area contributed by atoms with Gasteiger partial charge in [0.15, 0.2) is 5.78 Å². The van der Waals surface area contributed by atoms with E-state index in [1.54, 1.807) is 42.5 Å². The minimum absolute atomic E-state index is 0.0101. The third-order valence-corrected chi connectivity index (χ3v) is 2.97. The van der Waals surface area contributed by atoms with Crippen LogP contribution in [0, 0.1) is 0 Å². The molecule has 0 spiro atoms. The molecule has 0 saturated heterocycles. The van der Waals surface area contributed by atoms with Crippen LogP contribution in [0.5, 0.6) is 0 Å². The predicted octanol–water partition coefficient (Wildman–Crippen LogP) is 3.11. The maximum atomic E-state index is 12.5. The molecule has 23 heavy (non-hydrogen) atoms. The Morgan fingerprint density at radius 1 is 0.826 bits per heavy atom. The minimum Gasteiger partial charge on any atom is -0.289 e. The fourth-order valence-electron chi connectivity index (χ4n) is 1.80. The van der Waals surface area contributed by atoms with Crippen molar-refractivity contribution in [2.75, 3.05) is 0 Å². The Hall–Kier alpha value is -3.21. The monoisotopic (exact) mass is 310 g/mol. The molecule has 116 valence electrons. The molecular weight excluding hydrogens is 296 g/mol. The van der Waals surface area contributed by atoms with Crippen LogP contribution in [0.2, 0.25) is 0 Å². The number of carbonyl (C=O) groups excluding carboxylic acids is 3. The zero-order valence-electron chi connectivity index (χ0n) is 12.4. The Balaban J connectivity index is 2.24. The first-order chi connectivity index (χ1) is 11.0. The zero-order chi connectivity index (χ0) is 16.8. The van der Waals surface area contributed by atoms with Gasteiger partial charge in [-0.05, 0) is 13.0 Å². The summed E-state index contributed by atoms with van der Waals surface area (Å²) in [5, 5.41) is 0. The average Bonchev–Trinajstić information content (AvgIpc) is 2.59. The van der Waals surface area contributed by atoms with E-state index in [2.05, 4.69) is 16.4 Å². The molecule has 0 aliphatic rings. The SMILES string of the molecule is C=C(C)C(=O)OOC(=O)c1ccccc1C(=O)c1ccccc1. The van der Waals surface area contributed by atoms with E-state index in [0.29, 0.717) is 5.56 Å². The Labute approximate surface area is 133 Å². The van der Waals surface area contributed by atoms with Gasteiger partial charge in [-0.1, -0.05) is 55.1 Å². The molecule has 5 nitrogen and oxygen atoms in total. The van der Waals surface area contributed by atoms with E-state index >= 15 is 0 Å². The Kier molecular flexibility index (Phi) is 5.04. The highest BCUT2D eigenvalue weighted by molar-refractivity contribution is 6.14. The summed E-state index contributed by atoms with van der Waals surface area (Å²) in [5.74, 6) is -2.12. The van der Waals surface area contributed by atoms with Gasteiger partial charge in [0.25, 0.3) is 0 Å². The van der Waals surface area contributed by atoms with E-state index in [4.69, 9.17) is 0 Å². The van der Waals surface area contributed by atoms with Crippen LogP contribution >= 0.6 is 0 Å². The summed E-state index contributed by atoms with van der Waals surface area (Å²) < 4.78 is 0. The van der Waals surface area contributed by atoms with Crippen LogP contribution in [0.3, 0.4) is 0 Å². The largest absolute Gasteiger partial charge is 0.387 e. The molecule has 0 aliphatic carbocycles. The molecule has 0 bridgehead atoms. The number of hydrogen-bond acceptors (Lipinski definition) is 5. The van der Waals surface area contributed by atoms with E-state index in [1.165, 1.54) is 19.1 Å². The highest BCUT2D eigenvalue weighted by Crippen LogP contribution is 2.16. The molecule has 0 radical (unpaired) electrons. The molecule has 0 N–H and O–H groups in total. The summed E-state index contributed by atoms with van der Waals surface area (Å²) in [6, 6.07) is 14.7. The van der Waals surface area contributed by atoms with Crippen LogP contribution in [0.25, 0.3) is 0 Å². The third kappa shape index (κ3) is 3.91. The van der Waals surface area contributed by atoms with Gasteiger partial charge >= 0.3 is 11.9 Å². The Morgan fingerprint density at radius 2 is 1.39 bits per heavy atom. The van der Waals surface area contributed by atoms with Gasteiger partial charge in [0.1, 0.15) is 0 Å². The lowest BCUT2D eigenvalue weighted by Gasteiger charge is -2.07. The summed E-state index contributed by atoms with van der Waals surface area (Å²) in [5.41, 5.74) is 0.698. The maximum absolute atomic E-state index is 12.5. The molecule has 0 unspecified atom stereocenters. The first kappa shape index (κ1) is 16.2. The van der Waals surface area contributed by atoms with Crippen LogP contribution in [-0.2, 0) is 14.6 Å². The molecule has 2 rings (SSSR count). The molecule has 0 heterocycles. The minimum atomic E-state index is -0.931. The normalized spacial score (nSPS) is 9.78. The van der Waals surface area contributed by atoms with Crippen molar-refractivity contribution in [3.05, 3.63) is 83.4 Å². The zero-order valence-corrected chi connectivity index (χ0v) is 12.4. The molecule has 0 aromatic heterocycles. The maximum Gasteiger partial charge on any atom is 0.387 e. The van der Waals surface area contributed by atoms with Crippen molar-refractivity contribution < 1.29 is 24.2 Å². The average molecular weight is 310 g/mol. The molecule has 2 aromatic rings. The highest BCUT2D eigenvalue weighted by atomic mass is 17.2. The van der Waals surface area contributed by atoms with Crippen molar-refractivity contribution >= 4 is 17.7 Å².